The lowest BCUT2D eigenvalue weighted by Gasteiger charge is -2.05. The van der Waals surface area contributed by atoms with Crippen LogP contribution in [0.25, 0.3) is 0 Å². The van der Waals surface area contributed by atoms with E-state index in [0.29, 0.717) is 0 Å². The Morgan fingerprint density at radius 2 is 1.56 bits per heavy atom. The van der Waals surface area contributed by atoms with Crippen molar-refractivity contribution in [3.05, 3.63) is 43.0 Å². The molecule has 0 heterocycles. The van der Waals surface area contributed by atoms with Crippen LogP contribution in [0.5, 0.6) is 0 Å². The lowest BCUT2D eigenvalue weighted by atomic mass is 10.1. The first kappa shape index (κ1) is 26.1. The number of rotatable bonds is 14. The molecule has 27 heavy (non-hydrogen) atoms. The standard InChI is InChI=1S/C19H31OS.CH4O4S/c1-3-4-5-6-7-8-9-10-14-17-20-18-21(2)19-15-12-11-13-16-19;1-5-6(2,3)4/h3,11-13,15-16H,1,4-10,14,17-18H2,2H3;1H3,(H,2,3,4)/q+1;/p-1. The fourth-order valence-corrected chi connectivity index (χ4v) is 3.41. The highest BCUT2D eigenvalue weighted by molar-refractivity contribution is 7.96. The van der Waals surface area contributed by atoms with Gasteiger partial charge in [-0.1, -0.05) is 56.4 Å². The maximum atomic E-state index is 9.22. The minimum Gasteiger partial charge on any atom is -0.726 e. The second kappa shape index (κ2) is 17.3. The van der Waals surface area contributed by atoms with Gasteiger partial charge in [0.2, 0.25) is 16.3 Å². The van der Waals surface area contributed by atoms with E-state index in [2.05, 4.69) is 47.3 Å². The highest BCUT2D eigenvalue weighted by Crippen LogP contribution is 2.12. The van der Waals surface area contributed by atoms with Crippen LogP contribution >= 0.6 is 0 Å². The average Bonchev–Trinajstić information content (AvgIpc) is 2.66. The fourth-order valence-electron chi connectivity index (χ4n) is 2.28. The number of unbranched alkanes of at least 4 members (excludes halogenated alkanes) is 7. The predicted octanol–water partition coefficient (Wildman–Crippen LogP) is 4.67. The molecule has 0 bridgehead atoms. The van der Waals surface area contributed by atoms with Crippen LogP contribution in [0, 0.1) is 0 Å². The molecule has 0 spiro atoms. The number of hydrogen-bond acceptors (Lipinski definition) is 5. The van der Waals surface area contributed by atoms with E-state index in [1.165, 1.54) is 56.3 Å². The van der Waals surface area contributed by atoms with Crippen LogP contribution in [0.1, 0.15) is 51.4 Å². The monoisotopic (exact) mass is 418 g/mol. The summed E-state index contributed by atoms with van der Waals surface area (Å²) in [5.74, 6) is 0.867. The van der Waals surface area contributed by atoms with Crippen molar-refractivity contribution in [1.82, 2.24) is 0 Å². The Balaban J connectivity index is 0.000000972. The maximum Gasteiger partial charge on any atom is 0.217 e. The van der Waals surface area contributed by atoms with Crippen molar-refractivity contribution in [2.75, 3.05) is 25.9 Å². The molecule has 1 atom stereocenters. The Labute approximate surface area is 168 Å². The predicted molar refractivity (Wildman–Crippen MR) is 113 cm³/mol. The summed E-state index contributed by atoms with van der Waals surface area (Å²) in [5, 5.41) is 0. The van der Waals surface area contributed by atoms with Gasteiger partial charge in [0, 0.05) is 10.9 Å². The lowest BCUT2D eigenvalue weighted by Crippen LogP contribution is -2.09. The fraction of sp³-hybridized carbons (Fsp3) is 0.600. The van der Waals surface area contributed by atoms with Crippen LogP contribution in [0.2, 0.25) is 0 Å². The third kappa shape index (κ3) is 18.3. The van der Waals surface area contributed by atoms with Crippen LogP contribution in [-0.4, -0.2) is 38.9 Å². The zero-order valence-corrected chi connectivity index (χ0v) is 18.2. The van der Waals surface area contributed by atoms with Crippen molar-refractivity contribution in [2.24, 2.45) is 0 Å². The van der Waals surface area contributed by atoms with Crippen LogP contribution in [-0.2, 0) is 30.2 Å². The molecule has 0 aromatic heterocycles. The van der Waals surface area contributed by atoms with Gasteiger partial charge >= 0.3 is 0 Å². The maximum absolute atomic E-state index is 9.22. The van der Waals surface area contributed by atoms with Gasteiger partial charge < -0.3 is 9.29 Å². The molecule has 0 aliphatic heterocycles. The van der Waals surface area contributed by atoms with Crippen molar-refractivity contribution in [3.63, 3.8) is 0 Å². The molecule has 0 N–H and O–H groups in total. The first-order valence-electron chi connectivity index (χ1n) is 9.28. The summed E-state index contributed by atoms with van der Waals surface area (Å²) in [6.45, 7) is 4.67. The van der Waals surface area contributed by atoms with Gasteiger partial charge in [-0.05, 0) is 31.4 Å². The van der Waals surface area contributed by atoms with Gasteiger partial charge in [-0.15, -0.1) is 6.58 Å². The molecule has 0 amide bonds. The summed E-state index contributed by atoms with van der Waals surface area (Å²) in [4.78, 5) is 1.40. The molecule has 7 heteroatoms. The molecule has 5 nitrogen and oxygen atoms in total. The summed E-state index contributed by atoms with van der Waals surface area (Å²) in [5.41, 5.74) is 0. The molecule has 0 saturated carbocycles. The smallest absolute Gasteiger partial charge is 0.217 e. The Morgan fingerprint density at radius 3 is 2.07 bits per heavy atom. The molecule has 1 aromatic rings. The summed E-state index contributed by atoms with van der Waals surface area (Å²) in [6.07, 6.45) is 14.8. The van der Waals surface area contributed by atoms with Gasteiger partial charge in [0.1, 0.15) is 6.26 Å². The van der Waals surface area contributed by atoms with Crippen molar-refractivity contribution in [3.8, 4) is 0 Å². The van der Waals surface area contributed by atoms with Crippen LogP contribution in [0.15, 0.2) is 47.9 Å². The third-order valence-corrected chi connectivity index (χ3v) is 5.81. The minimum atomic E-state index is -4.41. The van der Waals surface area contributed by atoms with Crippen LogP contribution < -0.4 is 0 Å². The van der Waals surface area contributed by atoms with E-state index in [0.717, 1.165) is 19.7 Å². The highest BCUT2D eigenvalue weighted by atomic mass is 32.3. The second-order valence-corrected chi connectivity index (χ2v) is 9.23. The van der Waals surface area contributed by atoms with E-state index in [9.17, 15) is 13.0 Å². The van der Waals surface area contributed by atoms with E-state index < -0.39 is 10.4 Å². The zero-order valence-electron chi connectivity index (χ0n) is 16.6. The first-order valence-corrected chi connectivity index (χ1v) is 12.4. The van der Waals surface area contributed by atoms with E-state index in [4.69, 9.17) is 4.74 Å². The minimum absolute atomic E-state index is 0.223. The normalized spacial score (nSPS) is 12.1. The van der Waals surface area contributed by atoms with Gasteiger partial charge in [-0.2, -0.15) is 0 Å². The van der Waals surface area contributed by atoms with E-state index in [1.807, 2.05) is 6.08 Å². The van der Waals surface area contributed by atoms with Crippen molar-refractivity contribution >= 4 is 21.3 Å². The van der Waals surface area contributed by atoms with Gasteiger partial charge in [-0.3, -0.25) is 4.18 Å². The molecule has 0 fully saturated rings. The Morgan fingerprint density at radius 1 is 1.04 bits per heavy atom. The zero-order chi connectivity index (χ0) is 20.4. The van der Waals surface area contributed by atoms with Crippen molar-refractivity contribution < 1.29 is 21.9 Å². The number of benzene rings is 1. The summed E-state index contributed by atoms with van der Waals surface area (Å²) in [7, 11) is -3.38. The van der Waals surface area contributed by atoms with Gasteiger partial charge in [-0.25, -0.2) is 8.42 Å². The molecule has 1 rings (SSSR count). The van der Waals surface area contributed by atoms with E-state index >= 15 is 0 Å². The molecule has 0 radical (unpaired) electrons. The highest BCUT2D eigenvalue weighted by Gasteiger charge is 2.13. The van der Waals surface area contributed by atoms with Gasteiger partial charge in [0.25, 0.3) is 0 Å². The molecule has 0 aliphatic rings. The van der Waals surface area contributed by atoms with Crippen LogP contribution in [0.3, 0.4) is 0 Å². The number of allylic oxidation sites excluding steroid dienone is 1. The summed E-state index contributed by atoms with van der Waals surface area (Å²) >= 11 is 0. The Bertz CT molecular complexity index is 561. The Hall–Kier alpha value is -0.860. The third-order valence-electron chi connectivity index (χ3n) is 3.81. The molecular weight excluding hydrogens is 384 g/mol. The number of hydrogen-bond donors (Lipinski definition) is 0. The van der Waals surface area contributed by atoms with Gasteiger partial charge in [0.05, 0.1) is 13.7 Å². The van der Waals surface area contributed by atoms with E-state index in [1.54, 1.807) is 0 Å². The summed E-state index contributed by atoms with van der Waals surface area (Å²) < 4.78 is 36.8. The van der Waals surface area contributed by atoms with Gasteiger partial charge in [0.15, 0.2) is 4.90 Å². The topological polar surface area (TPSA) is 75.7 Å². The molecule has 0 aliphatic carbocycles. The van der Waals surface area contributed by atoms with E-state index in [-0.39, 0.29) is 10.9 Å². The molecular formula is C20H34O5S2. The van der Waals surface area contributed by atoms with Crippen LogP contribution in [0.4, 0.5) is 0 Å². The van der Waals surface area contributed by atoms with Crippen molar-refractivity contribution in [1.29, 1.82) is 0 Å². The second-order valence-electron chi connectivity index (χ2n) is 6.10. The average molecular weight is 419 g/mol. The number of ether oxygens (including phenoxy) is 1. The Kier molecular flexibility index (Phi) is 16.7. The molecule has 1 unspecified atom stereocenters. The largest absolute Gasteiger partial charge is 0.726 e. The lowest BCUT2D eigenvalue weighted by molar-refractivity contribution is 0.175. The quantitative estimate of drug-likeness (QED) is 0.144. The first-order chi connectivity index (χ1) is 12.9. The SMILES string of the molecule is C=CCCCCCCCCCOC[S+](C)c1ccccc1.COS(=O)(=O)[O-]. The molecule has 0 saturated heterocycles. The summed E-state index contributed by atoms with van der Waals surface area (Å²) in [6, 6.07) is 10.7. The van der Waals surface area contributed by atoms with Crippen molar-refractivity contribution in [2.45, 2.75) is 56.3 Å². The molecule has 156 valence electrons. The molecule has 1 aromatic carbocycles.